The van der Waals surface area contributed by atoms with Crippen molar-refractivity contribution in [3.63, 3.8) is 0 Å². The molecule has 2 atom stereocenters. The first-order valence-electron chi connectivity index (χ1n) is 15.9. The van der Waals surface area contributed by atoms with Crippen LogP contribution in [0, 0.1) is 22.7 Å². The molecule has 0 N–H and O–H groups in total. The maximum Gasteiger partial charge on any atom is 0.158 e. The standard InChI is InChI=1S/C40H58O/c1-30(18-13-20-32(3)23-25-36-34(5)22-15-28-39(36,7)8)16-11-12-17-31(2)19-14-21-33(4)24-26-37-35(6)38(41)27-29-40(37,9)10/h13-14,16-21,23-26,34,36H,11-12,15,22,27-29H2,1-10H3/b18-13+,19-14+,25-23+,26-24+,30-16+,31-17+,32-20+,33-21+. The van der Waals surface area contributed by atoms with Crippen molar-refractivity contribution < 1.29 is 4.79 Å². The van der Waals surface area contributed by atoms with E-state index in [0.717, 1.165) is 30.8 Å². The van der Waals surface area contributed by atoms with Crippen molar-refractivity contribution >= 4 is 5.78 Å². The van der Waals surface area contributed by atoms with Gasteiger partial charge in [0.15, 0.2) is 5.78 Å². The summed E-state index contributed by atoms with van der Waals surface area (Å²) in [6.07, 6.45) is 34.4. The smallest absolute Gasteiger partial charge is 0.158 e. The molecule has 0 aliphatic heterocycles. The number of ketones is 1. The molecule has 2 unspecified atom stereocenters. The van der Waals surface area contributed by atoms with Crippen LogP contribution in [0.1, 0.15) is 114 Å². The highest BCUT2D eigenvalue weighted by Crippen LogP contribution is 2.44. The maximum atomic E-state index is 12.2. The second-order valence-electron chi connectivity index (χ2n) is 13.9. The molecule has 2 aliphatic rings. The maximum absolute atomic E-state index is 12.2. The molecular weight excluding hydrogens is 496 g/mol. The lowest BCUT2D eigenvalue weighted by Crippen LogP contribution is -2.32. The molecule has 224 valence electrons. The number of hydrogen-bond donors (Lipinski definition) is 0. The molecule has 1 saturated carbocycles. The summed E-state index contributed by atoms with van der Waals surface area (Å²) >= 11 is 0. The van der Waals surface area contributed by atoms with Gasteiger partial charge in [0.2, 0.25) is 0 Å². The van der Waals surface area contributed by atoms with Gasteiger partial charge in [-0.05, 0) is 94.1 Å². The van der Waals surface area contributed by atoms with Gasteiger partial charge in [-0.2, -0.15) is 0 Å². The fraction of sp³-hybridized carbons (Fsp3) is 0.525. The zero-order valence-electron chi connectivity index (χ0n) is 27.9. The molecule has 0 radical (unpaired) electrons. The number of unbranched alkanes of at least 4 members (excludes halogenated alkanes) is 1. The molecular formula is C40H58O. The van der Waals surface area contributed by atoms with E-state index in [1.165, 1.54) is 47.1 Å². The Balaban J connectivity index is 1.83. The zero-order valence-corrected chi connectivity index (χ0v) is 27.9. The summed E-state index contributed by atoms with van der Waals surface area (Å²) in [4.78, 5) is 12.2. The van der Waals surface area contributed by atoms with Gasteiger partial charge in [-0.25, -0.2) is 0 Å². The third-order valence-corrected chi connectivity index (χ3v) is 9.14. The van der Waals surface area contributed by atoms with E-state index in [2.05, 4.69) is 135 Å². The van der Waals surface area contributed by atoms with Crippen molar-refractivity contribution in [3.8, 4) is 0 Å². The summed E-state index contributed by atoms with van der Waals surface area (Å²) in [6, 6.07) is 0. The highest BCUT2D eigenvalue weighted by molar-refractivity contribution is 5.97. The highest BCUT2D eigenvalue weighted by atomic mass is 16.1. The highest BCUT2D eigenvalue weighted by Gasteiger charge is 2.34. The third-order valence-electron chi connectivity index (χ3n) is 9.14. The van der Waals surface area contributed by atoms with Crippen LogP contribution in [0.15, 0.2) is 106 Å². The van der Waals surface area contributed by atoms with E-state index < -0.39 is 0 Å². The molecule has 0 amide bonds. The van der Waals surface area contributed by atoms with Gasteiger partial charge in [0, 0.05) is 6.42 Å². The number of carbonyl (C=O) groups is 1. The minimum Gasteiger partial charge on any atom is -0.295 e. The van der Waals surface area contributed by atoms with E-state index >= 15 is 0 Å². The minimum absolute atomic E-state index is 0.0598. The molecule has 2 aliphatic carbocycles. The first kappa shape index (κ1) is 34.5. The van der Waals surface area contributed by atoms with Crippen LogP contribution in [-0.2, 0) is 4.79 Å². The van der Waals surface area contributed by atoms with Gasteiger partial charge in [0.25, 0.3) is 0 Å². The van der Waals surface area contributed by atoms with Crippen LogP contribution in [0.4, 0.5) is 0 Å². The normalized spacial score (nSPS) is 25.1. The summed E-state index contributed by atoms with van der Waals surface area (Å²) in [5.74, 6) is 1.73. The number of carbonyl (C=O) groups excluding carboxylic acids is 1. The molecule has 1 heteroatoms. The van der Waals surface area contributed by atoms with Crippen LogP contribution in [0.3, 0.4) is 0 Å². The quantitative estimate of drug-likeness (QED) is 0.183. The molecule has 41 heavy (non-hydrogen) atoms. The second kappa shape index (κ2) is 16.1. The van der Waals surface area contributed by atoms with Gasteiger partial charge >= 0.3 is 0 Å². The summed E-state index contributed by atoms with van der Waals surface area (Å²) in [5.41, 5.74) is 7.64. The molecule has 1 fully saturated rings. The predicted octanol–water partition coefficient (Wildman–Crippen LogP) is 11.9. The largest absolute Gasteiger partial charge is 0.295 e. The van der Waals surface area contributed by atoms with Gasteiger partial charge in [-0.1, -0.05) is 143 Å². The fourth-order valence-electron chi connectivity index (χ4n) is 6.25. The molecule has 0 aromatic carbocycles. The Bertz CT molecular complexity index is 1180. The Morgan fingerprint density at radius 1 is 0.805 bits per heavy atom. The first-order chi connectivity index (χ1) is 19.2. The average Bonchev–Trinajstić information content (AvgIpc) is 2.88. The lowest BCUT2D eigenvalue weighted by atomic mass is 9.64. The number of rotatable bonds is 11. The van der Waals surface area contributed by atoms with Crippen LogP contribution in [-0.4, -0.2) is 5.78 Å². The fourth-order valence-corrected chi connectivity index (χ4v) is 6.25. The SMILES string of the molecule is CC1=C(/C=C/C(C)=C/C=C/C(C)=C/CC/C=C(C)/C=C/C=C(C)/C=C/C2C(C)CCCC2(C)C)C(C)(C)CCC1=O. The Hall–Kier alpha value is -2.67. The van der Waals surface area contributed by atoms with E-state index in [-0.39, 0.29) is 11.2 Å². The van der Waals surface area contributed by atoms with Crippen molar-refractivity contribution in [1.82, 2.24) is 0 Å². The molecule has 1 nitrogen and oxygen atoms in total. The first-order valence-corrected chi connectivity index (χ1v) is 15.9. The Morgan fingerprint density at radius 2 is 1.37 bits per heavy atom. The molecule has 0 aromatic heterocycles. The Kier molecular flexibility index (Phi) is 13.6. The van der Waals surface area contributed by atoms with Gasteiger partial charge in [0.1, 0.15) is 0 Å². The van der Waals surface area contributed by atoms with Crippen molar-refractivity contribution in [3.05, 3.63) is 106 Å². The second-order valence-corrected chi connectivity index (χ2v) is 13.9. The van der Waals surface area contributed by atoms with Crippen molar-refractivity contribution in [2.75, 3.05) is 0 Å². The number of allylic oxidation sites excluding steroid dienone is 18. The van der Waals surface area contributed by atoms with Crippen molar-refractivity contribution in [1.29, 1.82) is 0 Å². The van der Waals surface area contributed by atoms with E-state index in [9.17, 15) is 4.79 Å². The molecule has 0 heterocycles. The molecule has 0 saturated heterocycles. The molecule has 2 rings (SSSR count). The van der Waals surface area contributed by atoms with E-state index in [0.29, 0.717) is 17.8 Å². The minimum atomic E-state index is 0.0598. The van der Waals surface area contributed by atoms with Gasteiger partial charge in [-0.15, -0.1) is 0 Å². The van der Waals surface area contributed by atoms with Crippen LogP contribution in [0.2, 0.25) is 0 Å². The van der Waals surface area contributed by atoms with Crippen LogP contribution in [0.5, 0.6) is 0 Å². The molecule has 0 aromatic rings. The molecule has 0 bridgehead atoms. The van der Waals surface area contributed by atoms with Gasteiger partial charge < -0.3 is 0 Å². The van der Waals surface area contributed by atoms with Crippen molar-refractivity contribution in [2.45, 2.75) is 114 Å². The van der Waals surface area contributed by atoms with Gasteiger partial charge in [-0.3, -0.25) is 4.79 Å². The van der Waals surface area contributed by atoms with Crippen LogP contribution in [0.25, 0.3) is 0 Å². The summed E-state index contributed by atoms with van der Waals surface area (Å²) < 4.78 is 0. The summed E-state index contributed by atoms with van der Waals surface area (Å²) in [5, 5.41) is 0. The number of Topliss-reactive ketones (excluding diaryl/α,β-unsaturated/α-hetero) is 1. The summed E-state index contributed by atoms with van der Waals surface area (Å²) in [6.45, 7) is 22.4. The molecule has 0 spiro atoms. The lowest BCUT2D eigenvalue weighted by molar-refractivity contribution is -0.116. The van der Waals surface area contributed by atoms with Crippen LogP contribution >= 0.6 is 0 Å². The monoisotopic (exact) mass is 554 g/mol. The zero-order chi connectivity index (χ0) is 30.6. The third kappa shape index (κ3) is 11.6. The average molecular weight is 555 g/mol. The van der Waals surface area contributed by atoms with E-state index in [1.807, 2.05) is 6.92 Å². The van der Waals surface area contributed by atoms with Gasteiger partial charge in [0.05, 0.1) is 0 Å². The van der Waals surface area contributed by atoms with E-state index in [1.54, 1.807) is 0 Å². The topological polar surface area (TPSA) is 17.1 Å². The number of hydrogen-bond acceptors (Lipinski definition) is 1. The van der Waals surface area contributed by atoms with Crippen LogP contribution < -0.4 is 0 Å². The lowest BCUT2D eigenvalue weighted by Gasteiger charge is -2.41. The Labute approximate surface area is 253 Å². The summed E-state index contributed by atoms with van der Waals surface area (Å²) in [7, 11) is 0. The van der Waals surface area contributed by atoms with Crippen molar-refractivity contribution in [2.24, 2.45) is 22.7 Å². The van der Waals surface area contributed by atoms with E-state index in [4.69, 9.17) is 0 Å². The Morgan fingerprint density at radius 3 is 1.93 bits per heavy atom. The predicted molar refractivity (Wildman–Crippen MR) is 182 cm³/mol.